The first-order valence-corrected chi connectivity index (χ1v) is 7.82. The van der Waals surface area contributed by atoms with Crippen molar-refractivity contribution in [2.75, 3.05) is 0 Å². The molecule has 0 radical (unpaired) electrons. The van der Waals surface area contributed by atoms with Gasteiger partial charge in [0.2, 0.25) is 0 Å². The molecule has 1 heterocycles. The average Bonchev–Trinajstić information content (AvgIpc) is 3.10. The summed E-state index contributed by atoms with van der Waals surface area (Å²) in [5, 5.41) is 13.1. The van der Waals surface area contributed by atoms with Gasteiger partial charge in [-0.25, -0.2) is 5.43 Å². The lowest BCUT2D eigenvalue weighted by atomic mass is 10.2. The number of aromatic nitrogens is 1. The fourth-order valence-corrected chi connectivity index (χ4v) is 2.40. The predicted octanol–water partition coefficient (Wildman–Crippen LogP) is 3.97. The second-order valence-electron chi connectivity index (χ2n) is 5.60. The Kier molecular flexibility index (Phi) is 4.98. The number of nitrogens with zero attached hydrogens (tertiary/aromatic N) is 2. The molecule has 3 aromatic rings. The van der Waals surface area contributed by atoms with Gasteiger partial charge in [0.25, 0.3) is 5.91 Å². The number of phenols is 1. The number of phenolic OH excluding ortho intramolecular Hbond substituents is 1. The summed E-state index contributed by atoms with van der Waals surface area (Å²) < 4.78 is 40.2. The van der Waals surface area contributed by atoms with E-state index in [4.69, 9.17) is 0 Å². The highest BCUT2D eigenvalue weighted by atomic mass is 19.4. The first-order valence-electron chi connectivity index (χ1n) is 7.82. The highest BCUT2D eigenvalue weighted by Crippen LogP contribution is 2.30. The molecule has 0 unspecified atom stereocenters. The molecule has 1 amide bonds. The molecule has 0 aliphatic rings. The lowest BCUT2D eigenvalue weighted by molar-refractivity contribution is -0.137. The van der Waals surface area contributed by atoms with E-state index in [0.717, 1.165) is 12.1 Å². The van der Waals surface area contributed by atoms with Crippen molar-refractivity contribution in [1.29, 1.82) is 0 Å². The molecule has 0 saturated carbocycles. The van der Waals surface area contributed by atoms with E-state index in [1.807, 2.05) is 0 Å². The van der Waals surface area contributed by atoms with E-state index in [9.17, 15) is 23.1 Å². The average molecular weight is 373 g/mol. The fourth-order valence-electron chi connectivity index (χ4n) is 2.40. The van der Waals surface area contributed by atoms with Crippen molar-refractivity contribution in [3.05, 3.63) is 83.7 Å². The number of alkyl halides is 3. The summed E-state index contributed by atoms with van der Waals surface area (Å²) in [6.45, 7) is 0. The van der Waals surface area contributed by atoms with E-state index in [1.165, 1.54) is 41.1 Å². The first kappa shape index (κ1) is 18.2. The third-order valence-corrected chi connectivity index (χ3v) is 3.72. The van der Waals surface area contributed by atoms with Gasteiger partial charge in [-0.1, -0.05) is 6.07 Å². The van der Waals surface area contributed by atoms with Gasteiger partial charge in [-0.3, -0.25) is 4.79 Å². The molecule has 0 atom stereocenters. The van der Waals surface area contributed by atoms with Gasteiger partial charge in [-0.15, -0.1) is 0 Å². The van der Waals surface area contributed by atoms with E-state index in [0.29, 0.717) is 16.9 Å². The minimum absolute atomic E-state index is 0.0361. The highest BCUT2D eigenvalue weighted by molar-refractivity contribution is 5.94. The number of halogens is 3. The minimum atomic E-state index is -4.44. The minimum Gasteiger partial charge on any atom is -0.508 e. The molecule has 0 aliphatic heterocycles. The second-order valence-corrected chi connectivity index (χ2v) is 5.60. The number of carbonyl (C=O) groups excluding carboxylic acids is 1. The molecule has 5 nitrogen and oxygen atoms in total. The lowest BCUT2D eigenvalue weighted by Gasteiger charge is -2.11. The van der Waals surface area contributed by atoms with Crippen LogP contribution in [0.4, 0.5) is 13.2 Å². The second kappa shape index (κ2) is 7.36. The van der Waals surface area contributed by atoms with Crippen LogP contribution >= 0.6 is 0 Å². The summed E-state index contributed by atoms with van der Waals surface area (Å²) in [6.07, 6.45) is -1.51. The molecule has 0 bridgehead atoms. The molecule has 0 saturated heterocycles. The first-order chi connectivity index (χ1) is 12.8. The number of hydrogen-bond donors (Lipinski definition) is 2. The summed E-state index contributed by atoms with van der Waals surface area (Å²) in [4.78, 5) is 12.0. The molecule has 8 heteroatoms. The largest absolute Gasteiger partial charge is 0.508 e. The molecular formula is C19H14F3N3O2. The fraction of sp³-hybridized carbons (Fsp3) is 0.0526. The quantitative estimate of drug-likeness (QED) is 0.537. The van der Waals surface area contributed by atoms with Crippen LogP contribution in [-0.2, 0) is 6.18 Å². The number of benzene rings is 2. The van der Waals surface area contributed by atoms with Crippen molar-refractivity contribution in [2.24, 2.45) is 5.10 Å². The summed E-state index contributed by atoms with van der Waals surface area (Å²) in [5.74, 6) is -0.447. The molecule has 3 rings (SSSR count). The van der Waals surface area contributed by atoms with Crippen molar-refractivity contribution in [3.8, 4) is 11.4 Å². The smallest absolute Gasteiger partial charge is 0.416 e. The summed E-state index contributed by atoms with van der Waals surface area (Å²) in [7, 11) is 0. The Morgan fingerprint density at radius 1 is 1.07 bits per heavy atom. The molecule has 0 spiro atoms. The molecule has 0 fully saturated rings. The van der Waals surface area contributed by atoms with Crippen molar-refractivity contribution in [3.63, 3.8) is 0 Å². The van der Waals surface area contributed by atoms with Crippen molar-refractivity contribution < 1.29 is 23.1 Å². The zero-order valence-corrected chi connectivity index (χ0v) is 13.8. The lowest BCUT2D eigenvalue weighted by Crippen LogP contribution is -2.17. The van der Waals surface area contributed by atoms with E-state index in [1.54, 1.807) is 24.4 Å². The van der Waals surface area contributed by atoms with Gasteiger partial charge in [-0.2, -0.15) is 18.3 Å². The van der Waals surface area contributed by atoms with Crippen LogP contribution in [0.1, 0.15) is 21.6 Å². The van der Waals surface area contributed by atoms with Crippen LogP contribution in [-0.4, -0.2) is 21.8 Å². The molecule has 27 heavy (non-hydrogen) atoms. The third-order valence-electron chi connectivity index (χ3n) is 3.72. The normalized spacial score (nSPS) is 11.7. The Labute approximate surface area is 152 Å². The van der Waals surface area contributed by atoms with Gasteiger partial charge >= 0.3 is 6.18 Å². The van der Waals surface area contributed by atoms with Crippen LogP contribution in [0.5, 0.6) is 5.75 Å². The van der Waals surface area contributed by atoms with Crippen molar-refractivity contribution in [2.45, 2.75) is 6.18 Å². The van der Waals surface area contributed by atoms with Gasteiger partial charge in [0.1, 0.15) is 5.75 Å². The zero-order chi connectivity index (χ0) is 19.4. The Hall–Kier alpha value is -3.55. The maximum absolute atomic E-state index is 12.9. The molecule has 0 aliphatic carbocycles. The molecule has 138 valence electrons. The SMILES string of the molecule is O=C(N/N=C\c1cccn1-c1cccc(C(F)(F)F)c1)c1ccc(O)cc1. The number of carbonyl (C=O) groups is 1. The molecule has 1 aromatic heterocycles. The van der Waals surface area contributed by atoms with Crippen molar-refractivity contribution in [1.82, 2.24) is 9.99 Å². The van der Waals surface area contributed by atoms with Gasteiger partial charge in [0.15, 0.2) is 0 Å². The number of amides is 1. The van der Waals surface area contributed by atoms with Crippen LogP contribution in [0.15, 0.2) is 72.0 Å². The summed E-state index contributed by atoms with van der Waals surface area (Å²) >= 11 is 0. The van der Waals surface area contributed by atoms with Gasteiger partial charge in [0.05, 0.1) is 17.5 Å². The van der Waals surface area contributed by atoms with Gasteiger partial charge in [-0.05, 0) is 54.6 Å². The van der Waals surface area contributed by atoms with Crippen LogP contribution < -0.4 is 5.43 Å². The standard InChI is InChI=1S/C19H14F3N3O2/c20-19(21,22)14-3-1-4-15(11-14)25-10-2-5-16(25)12-23-24-18(27)13-6-8-17(26)9-7-13/h1-12,26H,(H,24,27)/b23-12-. The maximum Gasteiger partial charge on any atom is 0.416 e. The number of rotatable bonds is 4. The monoisotopic (exact) mass is 373 g/mol. The third kappa shape index (κ3) is 4.35. The van der Waals surface area contributed by atoms with E-state index in [2.05, 4.69) is 10.5 Å². The van der Waals surface area contributed by atoms with Crippen LogP contribution in [0, 0.1) is 0 Å². The highest BCUT2D eigenvalue weighted by Gasteiger charge is 2.30. The number of hydrogen-bond acceptors (Lipinski definition) is 3. The Bertz CT molecular complexity index is 976. The van der Waals surface area contributed by atoms with Crippen LogP contribution in [0.3, 0.4) is 0 Å². The van der Waals surface area contributed by atoms with E-state index < -0.39 is 17.6 Å². The Balaban J connectivity index is 1.76. The van der Waals surface area contributed by atoms with Crippen LogP contribution in [0.2, 0.25) is 0 Å². The van der Waals surface area contributed by atoms with Gasteiger partial charge in [0, 0.05) is 17.4 Å². The zero-order valence-electron chi connectivity index (χ0n) is 13.8. The van der Waals surface area contributed by atoms with E-state index >= 15 is 0 Å². The van der Waals surface area contributed by atoms with Crippen molar-refractivity contribution >= 4 is 12.1 Å². The topological polar surface area (TPSA) is 66.6 Å². The summed E-state index contributed by atoms with van der Waals surface area (Å²) in [6, 6.07) is 13.8. The summed E-state index contributed by atoms with van der Waals surface area (Å²) in [5.41, 5.74) is 2.68. The number of nitrogens with one attached hydrogen (secondary N) is 1. The van der Waals surface area contributed by atoms with E-state index in [-0.39, 0.29) is 5.75 Å². The number of aromatic hydroxyl groups is 1. The maximum atomic E-state index is 12.9. The molecular weight excluding hydrogens is 359 g/mol. The molecule has 2 N–H and O–H groups in total. The predicted molar refractivity (Wildman–Crippen MR) is 93.9 cm³/mol. The molecule has 2 aromatic carbocycles. The van der Waals surface area contributed by atoms with Crippen LogP contribution in [0.25, 0.3) is 5.69 Å². The number of hydrazone groups is 1. The Morgan fingerprint density at radius 3 is 2.52 bits per heavy atom. The Morgan fingerprint density at radius 2 is 1.81 bits per heavy atom. The van der Waals surface area contributed by atoms with Gasteiger partial charge < -0.3 is 9.67 Å².